The van der Waals surface area contributed by atoms with E-state index in [9.17, 15) is 7.85 Å². The van der Waals surface area contributed by atoms with E-state index in [0.29, 0.717) is 39.1 Å². The van der Waals surface area contributed by atoms with Crippen molar-refractivity contribution in [3.63, 3.8) is 0 Å². The normalized spacial score (nSPS) is 12.1. The molecule has 49 heavy (non-hydrogen) atoms. The van der Waals surface area contributed by atoms with E-state index in [4.69, 9.17) is 11.3 Å². The number of phenols is 1. The summed E-state index contributed by atoms with van der Waals surface area (Å²) in [6.45, 7) is 5.89. The highest BCUT2D eigenvalue weighted by Crippen LogP contribution is 2.40. The Labute approximate surface area is 290 Å². The summed E-state index contributed by atoms with van der Waals surface area (Å²) in [4.78, 5) is 9.97. The first kappa shape index (κ1) is 26.8. The molecule has 0 fully saturated rings. The highest BCUT2D eigenvalue weighted by molar-refractivity contribution is 5.97. The van der Waals surface area contributed by atoms with Gasteiger partial charge in [-0.1, -0.05) is 96.5 Å². The maximum atomic E-state index is 11.4. The smallest absolute Gasteiger partial charge is 0.149 e. The van der Waals surface area contributed by atoms with Crippen LogP contribution in [0.3, 0.4) is 0 Å². The summed E-state index contributed by atoms with van der Waals surface area (Å²) in [7, 11) is 0. The van der Waals surface area contributed by atoms with Gasteiger partial charge < -0.3 is 5.11 Å². The second kappa shape index (κ2) is 12.4. The lowest BCUT2D eigenvalue weighted by Gasteiger charge is -2.13. The number of aryl methyl sites for hydroxylation is 3. The van der Waals surface area contributed by atoms with Gasteiger partial charge in [0.15, 0.2) is 0 Å². The second-order valence-corrected chi connectivity index (χ2v) is 12.5. The number of hydrogen-bond acceptors (Lipinski definition) is 3. The van der Waals surface area contributed by atoms with Crippen LogP contribution >= 0.6 is 0 Å². The molecular formula is C45H35N3O. The number of hydrogen-bond donors (Lipinski definition) is 1. The largest absolute Gasteiger partial charge is 0.507 e. The topological polar surface area (TPSA) is 50.9 Å². The van der Waals surface area contributed by atoms with Crippen LogP contribution < -0.4 is 0 Å². The van der Waals surface area contributed by atoms with Crippen LogP contribution in [-0.4, -0.2) is 19.6 Å². The molecule has 4 nitrogen and oxygen atoms in total. The van der Waals surface area contributed by atoms with Crippen molar-refractivity contribution in [3.05, 3.63) is 168 Å². The van der Waals surface area contributed by atoms with Crippen molar-refractivity contribution in [1.29, 1.82) is 0 Å². The van der Waals surface area contributed by atoms with Crippen molar-refractivity contribution in [2.24, 2.45) is 0 Å². The van der Waals surface area contributed by atoms with Crippen LogP contribution in [0.4, 0.5) is 0 Å². The van der Waals surface area contributed by atoms with Gasteiger partial charge in [0.25, 0.3) is 0 Å². The molecule has 4 heteroatoms. The Balaban J connectivity index is 1.44. The first-order valence-electron chi connectivity index (χ1n) is 17.8. The minimum absolute atomic E-state index is 0.0936. The van der Waals surface area contributed by atoms with Gasteiger partial charge in [-0.05, 0) is 114 Å². The Bertz CT molecular complexity index is 2630. The van der Waals surface area contributed by atoms with Gasteiger partial charge in [-0.25, -0.2) is 4.98 Å². The highest BCUT2D eigenvalue weighted by atomic mass is 16.3. The summed E-state index contributed by atoms with van der Waals surface area (Å²) in [5, 5.41) is 11.4. The summed E-state index contributed by atoms with van der Waals surface area (Å²) in [6, 6.07) is 41.6. The second-order valence-electron chi connectivity index (χ2n) is 12.5. The number of aromatic hydroxyl groups is 1. The van der Waals surface area contributed by atoms with Crippen LogP contribution in [-0.2, 0) is 0 Å². The summed E-state index contributed by atoms with van der Waals surface area (Å²) in [5.41, 5.74) is 11.6. The van der Waals surface area contributed by atoms with Crippen LogP contribution in [0.25, 0.3) is 72.7 Å². The Kier molecular flexibility index (Phi) is 6.78. The molecule has 8 aromatic rings. The van der Waals surface area contributed by atoms with E-state index in [2.05, 4.69) is 43.3 Å². The number of aromatic nitrogens is 3. The van der Waals surface area contributed by atoms with Crippen LogP contribution in [0.1, 0.15) is 20.8 Å². The maximum absolute atomic E-state index is 11.4. The van der Waals surface area contributed by atoms with Crippen molar-refractivity contribution in [2.45, 2.75) is 20.8 Å². The van der Waals surface area contributed by atoms with E-state index in [1.54, 1.807) is 0 Å². The minimum atomic E-state index is -0.207. The van der Waals surface area contributed by atoms with Crippen LogP contribution in [0, 0.1) is 20.8 Å². The van der Waals surface area contributed by atoms with Crippen LogP contribution in [0.15, 0.2) is 152 Å². The average Bonchev–Trinajstić information content (AvgIpc) is 3.56. The zero-order valence-electron chi connectivity index (χ0n) is 30.5. The number of benzene rings is 6. The van der Waals surface area contributed by atoms with E-state index in [1.807, 2.05) is 116 Å². The maximum Gasteiger partial charge on any atom is 0.149 e. The lowest BCUT2D eigenvalue weighted by atomic mass is 9.93. The number of phenolic OH excluding ortho intramolecular Hbond substituents is 1. The fraction of sp³-hybridized carbons (Fsp3) is 0.0667. The van der Waals surface area contributed by atoms with Crippen molar-refractivity contribution in [3.8, 4) is 67.5 Å². The summed E-state index contributed by atoms with van der Waals surface area (Å²) < 4.78 is 29.5. The van der Waals surface area contributed by atoms with Crippen LogP contribution in [0.5, 0.6) is 5.75 Å². The predicted molar refractivity (Wildman–Crippen MR) is 202 cm³/mol. The zero-order chi connectivity index (χ0) is 36.1. The molecule has 0 saturated heterocycles. The summed E-state index contributed by atoms with van der Waals surface area (Å²) >= 11 is 0. The lowest BCUT2D eigenvalue weighted by Crippen LogP contribution is -1.98. The van der Waals surface area contributed by atoms with E-state index in [1.165, 1.54) is 5.56 Å². The molecule has 0 aliphatic heterocycles. The average molecular weight is 637 g/mol. The first-order chi connectivity index (χ1) is 25.2. The zero-order valence-corrected chi connectivity index (χ0v) is 27.5. The van der Waals surface area contributed by atoms with E-state index in [0.717, 1.165) is 44.8 Å². The first-order valence-corrected chi connectivity index (χ1v) is 16.3. The molecule has 0 spiro atoms. The Hall–Kier alpha value is -6.26. The number of fused-ring (bicyclic) bond motifs is 1. The summed E-state index contributed by atoms with van der Waals surface area (Å²) in [5.74, 6) is 0.522. The SMILES string of the molecule is [2H]c1c([2H])c([2H])c2c(nc(-c3cc(C)cc(C)c3O)n2-c2ccccc2)c1-c1cc(-c2ccccc2)cc(-c2cc(-c3ccc(C)cc3)ccn2)c1. The highest BCUT2D eigenvalue weighted by Gasteiger charge is 2.21. The molecule has 2 heterocycles. The van der Waals surface area contributed by atoms with Gasteiger partial charge in [0.1, 0.15) is 11.6 Å². The molecule has 0 aliphatic rings. The van der Waals surface area contributed by atoms with Crippen molar-refractivity contribution >= 4 is 11.0 Å². The van der Waals surface area contributed by atoms with Crippen molar-refractivity contribution in [1.82, 2.24) is 14.5 Å². The van der Waals surface area contributed by atoms with Gasteiger partial charge in [0.05, 0.1) is 26.4 Å². The number of rotatable bonds is 6. The third-order valence-electron chi connectivity index (χ3n) is 8.95. The monoisotopic (exact) mass is 636 g/mol. The van der Waals surface area contributed by atoms with Gasteiger partial charge in [0, 0.05) is 23.0 Å². The molecule has 2 aromatic heterocycles. The molecule has 0 aliphatic carbocycles. The third-order valence-corrected chi connectivity index (χ3v) is 8.95. The van der Waals surface area contributed by atoms with Crippen molar-refractivity contribution in [2.75, 3.05) is 0 Å². The van der Waals surface area contributed by atoms with Crippen molar-refractivity contribution < 1.29 is 9.22 Å². The van der Waals surface area contributed by atoms with Gasteiger partial charge in [-0.3, -0.25) is 9.55 Å². The summed E-state index contributed by atoms with van der Waals surface area (Å²) in [6.07, 6.45) is 1.81. The molecule has 0 radical (unpaired) electrons. The molecule has 1 N–H and O–H groups in total. The molecule has 0 bridgehead atoms. The molecule has 8 rings (SSSR count). The minimum Gasteiger partial charge on any atom is -0.507 e. The molecule has 236 valence electrons. The fourth-order valence-electron chi connectivity index (χ4n) is 6.50. The van der Waals surface area contributed by atoms with E-state index < -0.39 is 0 Å². The number of pyridine rings is 1. The fourth-order valence-corrected chi connectivity index (χ4v) is 6.50. The molecule has 0 saturated carbocycles. The molecule has 0 amide bonds. The van der Waals surface area contributed by atoms with Gasteiger partial charge >= 0.3 is 0 Å². The third kappa shape index (κ3) is 5.68. The van der Waals surface area contributed by atoms with Crippen LogP contribution in [0.2, 0.25) is 0 Å². The van der Waals surface area contributed by atoms with Gasteiger partial charge in [0.2, 0.25) is 0 Å². The number of imidazole rings is 1. The van der Waals surface area contributed by atoms with Gasteiger partial charge in [-0.2, -0.15) is 0 Å². The molecule has 0 atom stereocenters. The Morgan fingerprint density at radius 1 is 0.592 bits per heavy atom. The van der Waals surface area contributed by atoms with E-state index in [-0.39, 0.29) is 23.9 Å². The Morgan fingerprint density at radius 3 is 2.06 bits per heavy atom. The van der Waals surface area contributed by atoms with Gasteiger partial charge in [-0.15, -0.1) is 0 Å². The quantitative estimate of drug-likeness (QED) is 0.198. The standard InChI is InChI=1S/C45H35N3O/c1-29-17-19-33(20-18-29)34-21-22-46-41(28-34)37-26-35(32-11-6-4-7-12-32)25-36(27-37)39-15-10-16-42-43(39)47-45(48(42)38-13-8-5-9-14-38)40-24-30(2)23-31(3)44(40)49/h4-28,49H,1-3H3/i10D,15D,16D. The Morgan fingerprint density at radius 2 is 1.29 bits per heavy atom. The molecule has 6 aromatic carbocycles. The van der Waals surface area contributed by atoms with E-state index >= 15 is 0 Å². The lowest BCUT2D eigenvalue weighted by molar-refractivity contribution is 0.472. The molecule has 0 unspecified atom stereocenters. The predicted octanol–water partition coefficient (Wildman–Crippen LogP) is 11.4. The molecular weight excluding hydrogens is 599 g/mol. The number of nitrogens with zero attached hydrogens (tertiary/aromatic N) is 3. The number of para-hydroxylation sites is 2.